The monoisotopic (exact) mass is 291 g/mol. The van der Waals surface area contributed by atoms with Gasteiger partial charge in [0.1, 0.15) is 0 Å². The van der Waals surface area contributed by atoms with Crippen LogP contribution in [0.3, 0.4) is 0 Å². The number of carbonyl (C=O) groups excluding carboxylic acids is 1. The Morgan fingerprint density at radius 2 is 2.00 bits per heavy atom. The lowest BCUT2D eigenvalue weighted by Crippen LogP contribution is -2.52. The van der Waals surface area contributed by atoms with Gasteiger partial charge in [-0.3, -0.25) is 4.90 Å². The highest BCUT2D eigenvalue weighted by Gasteiger charge is 2.27. The summed E-state index contributed by atoms with van der Waals surface area (Å²) in [4.78, 5) is 24.5. The summed E-state index contributed by atoms with van der Waals surface area (Å²) in [6, 6.07) is 8.43. The lowest BCUT2D eigenvalue weighted by Gasteiger charge is -2.25. The highest BCUT2D eigenvalue weighted by Crippen LogP contribution is 2.14. The number of nitriles is 1. The molecular formula is C14H17N3O4. The smallest absolute Gasteiger partial charge is 0.328 e. The van der Waals surface area contributed by atoms with Gasteiger partial charge < -0.3 is 15.5 Å². The Labute approximate surface area is 122 Å². The highest BCUT2D eigenvalue weighted by atomic mass is 16.4. The number of amides is 2. The SMILES string of the molecule is CC(O)C(NC(=O)N(CCC#N)c1ccccc1)C(=O)O. The lowest BCUT2D eigenvalue weighted by molar-refractivity contribution is -0.141. The maximum atomic E-state index is 12.2. The van der Waals surface area contributed by atoms with Gasteiger partial charge in [0, 0.05) is 12.2 Å². The third kappa shape index (κ3) is 4.78. The maximum absolute atomic E-state index is 12.2. The molecular weight excluding hydrogens is 274 g/mol. The second-order valence-electron chi connectivity index (χ2n) is 4.40. The van der Waals surface area contributed by atoms with E-state index in [9.17, 15) is 14.7 Å². The van der Waals surface area contributed by atoms with E-state index in [1.807, 2.05) is 6.07 Å². The van der Waals surface area contributed by atoms with Crippen LogP contribution in [-0.4, -0.2) is 40.9 Å². The van der Waals surface area contributed by atoms with Crippen LogP contribution in [0, 0.1) is 11.3 Å². The minimum absolute atomic E-state index is 0.106. The molecule has 2 atom stereocenters. The fourth-order valence-corrected chi connectivity index (χ4v) is 1.72. The Hall–Kier alpha value is -2.59. The van der Waals surface area contributed by atoms with Gasteiger partial charge in [-0.1, -0.05) is 18.2 Å². The average molecular weight is 291 g/mol. The Balaban J connectivity index is 2.91. The summed E-state index contributed by atoms with van der Waals surface area (Å²) < 4.78 is 0. The number of benzene rings is 1. The fourth-order valence-electron chi connectivity index (χ4n) is 1.72. The number of carboxylic acids is 1. The summed E-state index contributed by atoms with van der Waals surface area (Å²) in [5.41, 5.74) is 0.542. The maximum Gasteiger partial charge on any atom is 0.328 e. The number of nitrogens with zero attached hydrogens (tertiary/aromatic N) is 2. The van der Waals surface area contributed by atoms with Crippen LogP contribution < -0.4 is 10.2 Å². The number of hydrogen-bond acceptors (Lipinski definition) is 4. The van der Waals surface area contributed by atoms with Gasteiger partial charge in [0.05, 0.1) is 18.6 Å². The summed E-state index contributed by atoms with van der Waals surface area (Å²) in [6.07, 6.45) is -1.13. The molecule has 112 valence electrons. The Morgan fingerprint density at radius 1 is 1.38 bits per heavy atom. The number of aliphatic hydroxyl groups is 1. The number of aliphatic carboxylic acids is 1. The van der Waals surface area contributed by atoms with Gasteiger partial charge in [-0.05, 0) is 19.1 Å². The number of nitrogens with one attached hydrogen (secondary N) is 1. The van der Waals surface area contributed by atoms with Crippen LogP contribution in [0.5, 0.6) is 0 Å². The molecule has 0 bridgehead atoms. The zero-order valence-corrected chi connectivity index (χ0v) is 11.6. The van der Waals surface area contributed by atoms with E-state index in [2.05, 4.69) is 5.32 Å². The Bertz CT molecular complexity index is 525. The standard InChI is InChI=1S/C14H17N3O4/c1-10(18)12(13(19)20)16-14(21)17(9-5-8-15)11-6-3-2-4-7-11/h2-4,6-7,10,12,18H,5,9H2,1H3,(H,16,21)(H,19,20). The van der Waals surface area contributed by atoms with Crippen LogP contribution >= 0.6 is 0 Å². The minimum atomic E-state index is -1.41. The second-order valence-corrected chi connectivity index (χ2v) is 4.40. The molecule has 0 aliphatic carbocycles. The number of anilines is 1. The first-order valence-corrected chi connectivity index (χ1v) is 6.38. The van der Waals surface area contributed by atoms with Crippen LogP contribution in [0.25, 0.3) is 0 Å². The van der Waals surface area contributed by atoms with Crippen molar-refractivity contribution in [1.82, 2.24) is 5.32 Å². The van der Waals surface area contributed by atoms with Crippen molar-refractivity contribution >= 4 is 17.7 Å². The van der Waals surface area contributed by atoms with Crippen molar-refractivity contribution in [1.29, 1.82) is 5.26 Å². The largest absolute Gasteiger partial charge is 0.480 e. The molecule has 0 spiro atoms. The van der Waals surface area contributed by atoms with Crippen LogP contribution in [0.4, 0.5) is 10.5 Å². The third-order valence-electron chi connectivity index (χ3n) is 2.79. The first-order valence-electron chi connectivity index (χ1n) is 6.38. The molecule has 7 heteroatoms. The Morgan fingerprint density at radius 3 is 2.48 bits per heavy atom. The molecule has 1 rings (SSSR count). The molecule has 3 N–H and O–H groups in total. The molecule has 2 unspecified atom stereocenters. The van der Waals surface area contributed by atoms with Crippen molar-refractivity contribution in [3.63, 3.8) is 0 Å². The van der Waals surface area contributed by atoms with E-state index in [1.165, 1.54) is 11.8 Å². The molecule has 0 saturated carbocycles. The molecule has 1 aromatic rings. The van der Waals surface area contributed by atoms with Crippen LogP contribution in [0.2, 0.25) is 0 Å². The number of urea groups is 1. The number of aliphatic hydroxyl groups excluding tert-OH is 1. The van der Waals surface area contributed by atoms with Gasteiger partial charge in [-0.2, -0.15) is 5.26 Å². The van der Waals surface area contributed by atoms with E-state index in [4.69, 9.17) is 10.4 Å². The number of carboxylic acid groups (broad SMARTS) is 1. The van der Waals surface area contributed by atoms with E-state index in [0.717, 1.165) is 0 Å². The van der Waals surface area contributed by atoms with Crippen molar-refractivity contribution in [2.45, 2.75) is 25.5 Å². The molecule has 0 heterocycles. The minimum Gasteiger partial charge on any atom is -0.480 e. The van der Waals surface area contributed by atoms with E-state index in [1.54, 1.807) is 30.3 Å². The molecule has 0 aromatic heterocycles. The molecule has 0 aliphatic heterocycles. The Kier molecular flexibility index (Phi) is 6.17. The predicted octanol–water partition coefficient (Wildman–Crippen LogP) is 0.950. The van der Waals surface area contributed by atoms with Gasteiger partial charge >= 0.3 is 12.0 Å². The van der Waals surface area contributed by atoms with Crippen LogP contribution in [0.15, 0.2) is 30.3 Å². The first-order chi connectivity index (χ1) is 9.97. The van der Waals surface area contributed by atoms with Gasteiger partial charge in [0.25, 0.3) is 0 Å². The molecule has 0 radical (unpaired) electrons. The molecule has 1 aromatic carbocycles. The fraction of sp³-hybridized carbons (Fsp3) is 0.357. The summed E-state index contributed by atoms with van der Waals surface area (Å²) in [6.45, 7) is 1.40. The second kappa shape index (κ2) is 7.87. The van der Waals surface area contributed by atoms with Crippen molar-refractivity contribution in [2.75, 3.05) is 11.4 Å². The number of rotatable bonds is 6. The van der Waals surface area contributed by atoms with E-state index < -0.39 is 24.1 Å². The summed E-state index contributed by atoms with van der Waals surface area (Å²) >= 11 is 0. The van der Waals surface area contributed by atoms with Crippen molar-refractivity contribution in [3.8, 4) is 6.07 Å². The van der Waals surface area contributed by atoms with Gasteiger partial charge in [0.2, 0.25) is 0 Å². The van der Waals surface area contributed by atoms with Gasteiger partial charge in [-0.25, -0.2) is 9.59 Å². The average Bonchev–Trinajstić information content (AvgIpc) is 2.45. The molecule has 21 heavy (non-hydrogen) atoms. The van der Waals surface area contributed by atoms with Gasteiger partial charge in [-0.15, -0.1) is 0 Å². The topological polar surface area (TPSA) is 114 Å². The summed E-state index contributed by atoms with van der Waals surface area (Å²) in [7, 11) is 0. The molecule has 7 nitrogen and oxygen atoms in total. The lowest BCUT2D eigenvalue weighted by atomic mass is 10.2. The predicted molar refractivity (Wildman–Crippen MR) is 75.7 cm³/mol. The van der Waals surface area contributed by atoms with E-state index in [-0.39, 0.29) is 13.0 Å². The summed E-state index contributed by atoms with van der Waals surface area (Å²) in [5, 5.41) is 29.3. The summed E-state index contributed by atoms with van der Waals surface area (Å²) in [5.74, 6) is -1.33. The van der Waals surface area contributed by atoms with Crippen LogP contribution in [-0.2, 0) is 4.79 Å². The van der Waals surface area contributed by atoms with Gasteiger partial charge in [0.15, 0.2) is 6.04 Å². The molecule has 0 saturated heterocycles. The molecule has 0 fully saturated rings. The van der Waals surface area contributed by atoms with E-state index in [0.29, 0.717) is 5.69 Å². The molecule has 0 aliphatic rings. The highest BCUT2D eigenvalue weighted by molar-refractivity contribution is 5.94. The zero-order valence-electron chi connectivity index (χ0n) is 11.6. The molecule has 2 amide bonds. The van der Waals surface area contributed by atoms with E-state index >= 15 is 0 Å². The van der Waals surface area contributed by atoms with Crippen molar-refractivity contribution < 1.29 is 19.8 Å². The normalized spacial score (nSPS) is 12.8. The third-order valence-corrected chi connectivity index (χ3v) is 2.79. The van der Waals surface area contributed by atoms with Crippen LogP contribution in [0.1, 0.15) is 13.3 Å². The number of hydrogen-bond donors (Lipinski definition) is 3. The number of carbonyl (C=O) groups is 2. The quantitative estimate of drug-likeness (QED) is 0.722. The number of para-hydroxylation sites is 1. The first kappa shape index (κ1) is 16.5. The zero-order chi connectivity index (χ0) is 15.8. The van der Waals surface area contributed by atoms with Crippen molar-refractivity contribution in [2.24, 2.45) is 0 Å². The van der Waals surface area contributed by atoms with Crippen molar-refractivity contribution in [3.05, 3.63) is 30.3 Å².